The molecule has 5 nitrogen and oxygen atoms in total. The number of carbonyl (C=O) groups is 1. The molecule has 0 bridgehead atoms. The Morgan fingerprint density at radius 1 is 1.13 bits per heavy atom. The topological polar surface area (TPSA) is 50.8 Å². The normalized spacial score (nSPS) is 10.3. The van der Waals surface area contributed by atoms with Gasteiger partial charge in [-0.2, -0.15) is 0 Å². The fourth-order valence-electron chi connectivity index (χ4n) is 1.75. The van der Waals surface area contributed by atoms with E-state index in [0.717, 1.165) is 10.6 Å². The van der Waals surface area contributed by atoms with Gasteiger partial charge in [-0.1, -0.05) is 29.3 Å². The Balaban J connectivity index is 1.96. The van der Waals surface area contributed by atoms with Crippen LogP contribution in [0.3, 0.4) is 0 Å². The molecule has 0 aliphatic carbocycles. The Hall–Kier alpha value is -1.95. The van der Waals surface area contributed by atoms with Gasteiger partial charge >= 0.3 is 6.03 Å². The van der Waals surface area contributed by atoms with Crippen LogP contribution in [0.1, 0.15) is 5.56 Å². The number of amides is 2. The second-order valence-corrected chi connectivity index (χ2v) is 5.44. The van der Waals surface area contributed by atoms with Crippen molar-refractivity contribution in [1.82, 2.24) is 5.06 Å². The van der Waals surface area contributed by atoms with E-state index in [1.165, 1.54) is 14.2 Å². The molecule has 0 aliphatic heterocycles. The molecule has 7 heteroatoms. The van der Waals surface area contributed by atoms with Crippen molar-refractivity contribution in [2.75, 3.05) is 19.5 Å². The van der Waals surface area contributed by atoms with Crippen LogP contribution < -0.4 is 10.1 Å². The summed E-state index contributed by atoms with van der Waals surface area (Å²) in [5, 5.41) is 4.88. The molecule has 0 spiro atoms. The van der Waals surface area contributed by atoms with Crippen molar-refractivity contribution in [3.8, 4) is 5.75 Å². The summed E-state index contributed by atoms with van der Waals surface area (Å²) >= 11 is 12.2. The summed E-state index contributed by atoms with van der Waals surface area (Å²) in [6, 6.07) is 11.9. The van der Waals surface area contributed by atoms with Gasteiger partial charge in [-0.3, -0.25) is 4.84 Å². The van der Waals surface area contributed by atoms with Crippen molar-refractivity contribution in [3.05, 3.63) is 58.1 Å². The minimum Gasteiger partial charge on any atom is -0.489 e. The fraction of sp³-hybridized carbons (Fsp3) is 0.188. The summed E-state index contributed by atoms with van der Waals surface area (Å²) < 4.78 is 5.67. The maximum atomic E-state index is 11.6. The van der Waals surface area contributed by atoms with Gasteiger partial charge in [-0.15, -0.1) is 0 Å². The van der Waals surface area contributed by atoms with Gasteiger partial charge < -0.3 is 10.1 Å². The summed E-state index contributed by atoms with van der Waals surface area (Å²) in [5.74, 6) is 0.638. The van der Waals surface area contributed by atoms with Gasteiger partial charge in [0, 0.05) is 28.3 Å². The Morgan fingerprint density at radius 2 is 1.74 bits per heavy atom. The summed E-state index contributed by atoms with van der Waals surface area (Å²) in [5.41, 5.74) is 1.36. The van der Waals surface area contributed by atoms with Crippen molar-refractivity contribution in [1.29, 1.82) is 0 Å². The van der Waals surface area contributed by atoms with Crippen LogP contribution in [0.5, 0.6) is 5.75 Å². The Bertz CT molecular complexity index is 657. The van der Waals surface area contributed by atoms with E-state index in [1.54, 1.807) is 42.5 Å². The van der Waals surface area contributed by atoms with Crippen molar-refractivity contribution < 1.29 is 14.4 Å². The lowest BCUT2D eigenvalue weighted by molar-refractivity contribution is -0.0598. The molecule has 0 atom stereocenters. The lowest BCUT2D eigenvalue weighted by Crippen LogP contribution is -2.30. The molecule has 0 fully saturated rings. The Labute approximate surface area is 144 Å². The number of urea groups is 1. The Kier molecular flexibility index (Phi) is 6.10. The number of ether oxygens (including phenoxy) is 1. The van der Waals surface area contributed by atoms with Crippen LogP contribution >= 0.6 is 23.2 Å². The molecule has 1 N–H and O–H groups in total. The van der Waals surface area contributed by atoms with Gasteiger partial charge in [0.2, 0.25) is 0 Å². The average Bonchev–Trinajstić information content (AvgIpc) is 2.55. The van der Waals surface area contributed by atoms with Gasteiger partial charge in [0.05, 0.1) is 7.11 Å². The maximum absolute atomic E-state index is 11.6. The molecule has 122 valence electrons. The summed E-state index contributed by atoms with van der Waals surface area (Å²) in [6.45, 7) is 0.261. The summed E-state index contributed by atoms with van der Waals surface area (Å²) in [4.78, 5) is 16.4. The molecule has 0 radical (unpaired) electrons. The number of hydrogen-bond acceptors (Lipinski definition) is 3. The average molecular weight is 355 g/mol. The molecule has 2 aromatic rings. The van der Waals surface area contributed by atoms with Gasteiger partial charge in [0.25, 0.3) is 0 Å². The van der Waals surface area contributed by atoms with Crippen LogP contribution in [0.25, 0.3) is 0 Å². The third kappa shape index (κ3) is 4.76. The Morgan fingerprint density at radius 3 is 2.30 bits per heavy atom. The number of nitrogens with one attached hydrogen (secondary N) is 1. The van der Waals surface area contributed by atoms with E-state index >= 15 is 0 Å². The van der Waals surface area contributed by atoms with E-state index in [4.69, 9.17) is 32.8 Å². The predicted molar refractivity (Wildman–Crippen MR) is 91.0 cm³/mol. The minimum atomic E-state index is -0.371. The molecule has 0 saturated heterocycles. The van der Waals surface area contributed by atoms with Gasteiger partial charge in [-0.05, 0) is 36.4 Å². The summed E-state index contributed by atoms with van der Waals surface area (Å²) in [6.07, 6.45) is 0. The molecule has 2 amide bonds. The van der Waals surface area contributed by atoms with Crippen LogP contribution in [-0.4, -0.2) is 25.3 Å². The van der Waals surface area contributed by atoms with Crippen LogP contribution in [0.4, 0.5) is 10.5 Å². The molecular weight excluding hydrogens is 339 g/mol. The zero-order chi connectivity index (χ0) is 16.8. The molecule has 2 aromatic carbocycles. The van der Waals surface area contributed by atoms with Gasteiger partial charge in [-0.25, -0.2) is 9.86 Å². The number of benzene rings is 2. The highest BCUT2D eigenvalue weighted by Gasteiger charge is 2.08. The van der Waals surface area contributed by atoms with E-state index < -0.39 is 0 Å². The molecule has 2 rings (SSSR count). The highest BCUT2D eigenvalue weighted by molar-refractivity contribution is 6.35. The first kappa shape index (κ1) is 17.4. The molecule has 0 aliphatic rings. The molecule has 0 saturated carbocycles. The molecule has 0 unspecified atom stereocenters. The molecule has 0 heterocycles. The van der Waals surface area contributed by atoms with Crippen molar-refractivity contribution >= 4 is 34.9 Å². The van der Waals surface area contributed by atoms with Crippen LogP contribution in [0.15, 0.2) is 42.5 Å². The highest BCUT2D eigenvalue weighted by atomic mass is 35.5. The number of hydroxylamine groups is 2. The van der Waals surface area contributed by atoms with E-state index in [2.05, 4.69) is 5.32 Å². The predicted octanol–water partition coefficient (Wildman–Crippen LogP) is 4.60. The number of anilines is 1. The minimum absolute atomic E-state index is 0.261. The molecule has 0 aromatic heterocycles. The zero-order valence-electron chi connectivity index (χ0n) is 12.7. The third-order valence-corrected chi connectivity index (χ3v) is 3.82. The standard InChI is InChI=1S/C16H16Cl2N2O3/c1-20(22-2)16(21)19-11-6-8-12(9-7-11)23-10-13-14(17)4-3-5-15(13)18/h3-9H,10H2,1-2H3,(H,19,21). The van der Waals surface area contributed by atoms with E-state index in [0.29, 0.717) is 21.5 Å². The fourth-order valence-corrected chi connectivity index (χ4v) is 2.25. The number of halogens is 2. The van der Waals surface area contributed by atoms with Gasteiger partial charge in [0.15, 0.2) is 0 Å². The van der Waals surface area contributed by atoms with Crippen LogP contribution in [0.2, 0.25) is 10.0 Å². The van der Waals surface area contributed by atoms with Crippen molar-refractivity contribution in [2.24, 2.45) is 0 Å². The number of rotatable bonds is 5. The molecule has 23 heavy (non-hydrogen) atoms. The first-order chi connectivity index (χ1) is 11.0. The number of carbonyl (C=O) groups excluding carboxylic acids is 1. The van der Waals surface area contributed by atoms with Crippen molar-refractivity contribution in [3.63, 3.8) is 0 Å². The lowest BCUT2D eigenvalue weighted by atomic mass is 10.2. The quantitative estimate of drug-likeness (QED) is 0.798. The monoisotopic (exact) mass is 354 g/mol. The summed E-state index contributed by atoms with van der Waals surface area (Å²) in [7, 11) is 2.93. The highest BCUT2D eigenvalue weighted by Crippen LogP contribution is 2.26. The maximum Gasteiger partial charge on any atom is 0.345 e. The van der Waals surface area contributed by atoms with E-state index in [-0.39, 0.29) is 12.6 Å². The van der Waals surface area contributed by atoms with E-state index in [9.17, 15) is 4.79 Å². The lowest BCUT2D eigenvalue weighted by Gasteiger charge is -2.15. The molecular formula is C16H16Cl2N2O3. The second-order valence-electron chi connectivity index (χ2n) is 4.62. The van der Waals surface area contributed by atoms with E-state index in [1.807, 2.05) is 0 Å². The van der Waals surface area contributed by atoms with Crippen LogP contribution in [0, 0.1) is 0 Å². The SMILES string of the molecule is CON(C)C(=O)Nc1ccc(OCc2c(Cl)cccc2Cl)cc1. The largest absolute Gasteiger partial charge is 0.489 e. The third-order valence-electron chi connectivity index (χ3n) is 3.11. The number of nitrogens with zero attached hydrogens (tertiary/aromatic N) is 1. The van der Waals surface area contributed by atoms with Crippen LogP contribution in [-0.2, 0) is 11.4 Å². The first-order valence-corrected chi connectivity index (χ1v) is 7.51. The van der Waals surface area contributed by atoms with Crippen molar-refractivity contribution in [2.45, 2.75) is 6.61 Å². The van der Waals surface area contributed by atoms with Gasteiger partial charge in [0.1, 0.15) is 12.4 Å². The zero-order valence-corrected chi connectivity index (χ0v) is 14.2. The number of hydrogen-bond donors (Lipinski definition) is 1. The second kappa shape index (κ2) is 8.06. The smallest absolute Gasteiger partial charge is 0.345 e. The first-order valence-electron chi connectivity index (χ1n) is 6.76.